The van der Waals surface area contributed by atoms with Gasteiger partial charge in [0, 0.05) is 18.6 Å². The molecule has 1 heterocycles. The third-order valence-corrected chi connectivity index (χ3v) is 4.66. The van der Waals surface area contributed by atoms with Crippen molar-refractivity contribution >= 4 is 39.2 Å². The number of phenols is 1. The molecule has 0 aliphatic rings. The number of furan rings is 1. The van der Waals surface area contributed by atoms with E-state index in [0.29, 0.717) is 16.7 Å². The van der Waals surface area contributed by atoms with Crippen LogP contribution in [0.4, 0.5) is 5.69 Å². The minimum Gasteiger partial charge on any atom is -0.505 e. The lowest BCUT2D eigenvalue weighted by atomic mass is 10.1. The number of rotatable bonds is 5. The molecule has 0 saturated carbocycles. The fraction of sp³-hybridized carbons (Fsp3) is 0.316. The molecular weight excluding hydrogens is 426 g/mol. The summed E-state index contributed by atoms with van der Waals surface area (Å²) < 4.78 is 6.05. The van der Waals surface area contributed by atoms with E-state index in [9.17, 15) is 9.90 Å². The number of carbonyl (C=O) groups excluding carboxylic acids is 1. The summed E-state index contributed by atoms with van der Waals surface area (Å²) >= 11 is 3.27. The maximum atomic E-state index is 12.3. The molecule has 0 radical (unpaired) electrons. The molecule has 0 bridgehead atoms. The van der Waals surface area contributed by atoms with Gasteiger partial charge in [-0.15, -0.1) is 0 Å². The lowest BCUT2D eigenvalue weighted by Gasteiger charge is -2.14. The highest BCUT2D eigenvalue weighted by molar-refractivity contribution is 9.10. The van der Waals surface area contributed by atoms with E-state index in [1.807, 2.05) is 26.0 Å². The smallest absolute Gasteiger partial charge is 0.258 e. The number of hydrogen-bond acceptors (Lipinski definition) is 5. The predicted octanol–water partition coefficient (Wildman–Crippen LogP) is 3.26. The number of carbonyl (C=O) groups is 1. The van der Waals surface area contributed by atoms with Crippen LogP contribution in [0.15, 0.2) is 43.1 Å². The molecular formula is C19H24BrN5O3. The van der Waals surface area contributed by atoms with Crippen LogP contribution in [-0.2, 0) is 0 Å². The number of nitrogens with zero attached hydrogens (tertiary/aromatic N) is 3. The van der Waals surface area contributed by atoms with Crippen LogP contribution in [0.3, 0.4) is 0 Å². The molecule has 5 N–H and O–H groups in total. The van der Waals surface area contributed by atoms with Gasteiger partial charge in [0.15, 0.2) is 17.4 Å². The molecule has 0 spiro atoms. The van der Waals surface area contributed by atoms with Crippen LogP contribution in [-0.4, -0.2) is 41.7 Å². The average Bonchev–Trinajstić information content (AvgIpc) is 3.07. The standard InChI is InChI=1S/C19H24BrN5O3/c1-5-12(14-9-6-10(2)28-14)23-17(21)18(22)24-13-8-7-11(20)15(16(13)26)19(27)25(3)4/h6-9,12,26H,5H2,1-4H3,(H2,21,23)(H2,22,24)/t12-/m1/s1. The van der Waals surface area contributed by atoms with Crippen LogP contribution in [0.2, 0.25) is 0 Å². The molecule has 0 unspecified atom stereocenters. The first-order valence-corrected chi connectivity index (χ1v) is 9.42. The van der Waals surface area contributed by atoms with E-state index >= 15 is 0 Å². The molecule has 28 heavy (non-hydrogen) atoms. The van der Waals surface area contributed by atoms with Gasteiger partial charge < -0.3 is 25.9 Å². The van der Waals surface area contributed by atoms with Gasteiger partial charge in [-0.1, -0.05) is 6.92 Å². The number of amidine groups is 2. The molecule has 2 aromatic rings. The number of aryl methyl sites for hydroxylation is 1. The van der Waals surface area contributed by atoms with Crippen LogP contribution < -0.4 is 11.5 Å². The largest absolute Gasteiger partial charge is 0.505 e. The molecule has 2 rings (SSSR count). The van der Waals surface area contributed by atoms with Crippen LogP contribution in [0.5, 0.6) is 5.75 Å². The lowest BCUT2D eigenvalue weighted by molar-refractivity contribution is 0.0824. The van der Waals surface area contributed by atoms with E-state index in [1.165, 1.54) is 11.0 Å². The molecule has 8 nitrogen and oxygen atoms in total. The second-order valence-corrected chi connectivity index (χ2v) is 7.23. The summed E-state index contributed by atoms with van der Waals surface area (Å²) in [5.74, 6) is 0.743. The molecule has 1 amide bonds. The van der Waals surface area contributed by atoms with Gasteiger partial charge in [0.1, 0.15) is 23.2 Å². The van der Waals surface area contributed by atoms with Gasteiger partial charge in [-0.2, -0.15) is 0 Å². The first-order chi connectivity index (χ1) is 13.1. The Kier molecular flexibility index (Phi) is 6.85. The highest BCUT2D eigenvalue weighted by Crippen LogP contribution is 2.36. The van der Waals surface area contributed by atoms with Crippen molar-refractivity contribution in [1.29, 1.82) is 0 Å². The Morgan fingerprint density at radius 1 is 1.25 bits per heavy atom. The van der Waals surface area contributed by atoms with E-state index in [2.05, 4.69) is 25.9 Å². The Bertz CT molecular complexity index is 934. The molecule has 0 aliphatic carbocycles. The van der Waals surface area contributed by atoms with Crippen molar-refractivity contribution in [2.75, 3.05) is 14.1 Å². The van der Waals surface area contributed by atoms with Gasteiger partial charge in [-0.25, -0.2) is 4.99 Å². The summed E-state index contributed by atoms with van der Waals surface area (Å²) in [7, 11) is 3.18. The first-order valence-electron chi connectivity index (χ1n) is 8.62. The van der Waals surface area contributed by atoms with Crippen LogP contribution in [0.25, 0.3) is 0 Å². The van der Waals surface area contributed by atoms with Gasteiger partial charge in [-0.3, -0.25) is 9.79 Å². The van der Waals surface area contributed by atoms with Crippen LogP contribution in [0, 0.1) is 6.92 Å². The molecule has 0 fully saturated rings. The maximum absolute atomic E-state index is 12.3. The second kappa shape index (κ2) is 8.92. The fourth-order valence-electron chi connectivity index (χ4n) is 2.48. The van der Waals surface area contributed by atoms with Crippen molar-refractivity contribution in [3.05, 3.63) is 45.8 Å². The van der Waals surface area contributed by atoms with E-state index in [1.54, 1.807) is 20.2 Å². The summed E-state index contributed by atoms with van der Waals surface area (Å²) in [5.41, 5.74) is 12.2. The van der Waals surface area contributed by atoms with Crippen molar-refractivity contribution in [2.45, 2.75) is 26.3 Å². The van der Waals surface area contributed by atoms with Crippen LogP contribution >= 0.6 is 15.9 Å². The number of halogens is 1. The summed E-state index contributed by atoms with van der Waals surface area (Å²) in [5, 5.41) is 10.5. The lowest BCUT2D eigenvalue weighted by Crippen LogP contribution is -2.31. The normalized spacial score (nSPS) is 13.5. The van der Waals surface area contributed by atoms with Gasteiger partial charge >= 0.3 is 0 Å². The zero-order chi connectivity index (χ0) is 21.0. The van der Waals surface area contributed by atoms with Crippen molar-refractivity contribution in [1.82, 2.24) is 4.90 Å². The highest BCUT2D eigenvalue weighted by Gasteiger charge is 2.20. The van der Waals surface area contributed by atoms with E-state index in [4.69, 9.17) is 15.9 Å². The summed E-state index contributed by atoms with van der Waals surface area (Å²) in [6, 6.07) is 6.53. The average molecular weight is 450 g/mol. The fourth-order valence-corrected chi connectivity index (χ4v) is 2.97. The van der Waals surface area contributed by atoms with E-state index in [-0.39, 0.29) is 40.6 Å². The zero-order valence-electron chi connectivity index (χ0n) is 16.2. The third kappa shape index (κ3) is 4.72. The number of benzene rings is 1. The number of aromatic hydroxyl groups is 1. The molecule has 0 aliphatic heterocycles. The highest BCUT2D eigenvalue weighted by atomic mass is 79.9. The van der Waals surface area contributed by atoms with Gasteiger partial charge in [0.25, 0.3) is 5.91 Å². The number of nitrogens with two attached hydrogens (primary N) is 2. The minimum absolute atomic E-state index is 0.0173. The Hall–Kier alpha value is -2.81. The SMILES string of the molecule is CC[C@@H](N=C(N)C(N)=Nc1ccc(Br)c(C(=O)N(C)C)c1O)c1ccc(C)o1. The van der Waals surface area contributed by atoms with Crippen molar-refractivity contribution < 1.29 is 14.3 Å². The second-order valence-electron chi connectivity index (χ2n) is 6.37. The zero-order valence-corrected chi connectivity index (χ0v) is 17.8. The Balaban J connectivity index is 2.39. The van der Waals surface area contributed by atoms with Gasteiger partial charge in [-0.05, 0) is 53.5 Å². The molecule has 9 heteroatoms. The molecule has 150 valence electrons. The van der Waals surface area contributed by atoms with Crippen LogP contribution in [0.1, 0.15) is 41.3 Å². The predicted molar refractivity (Wildman–Crippen MR) is 113 cm³/mol. The van der Waals surface area contributed by atoms with Crippen molar-refractivity contribution in [3.63, 3.8) is 0 Å². The molecule has 1 atom stereocenters. The summed E-state index contributed by atoms with van der Waals surface area (Å²) in [6.45, 7) is 3.80. The minimum atomic E-state index is -0.374. The van der Waals surface area contributed by atoms with Gasteiger partial charge in [0.05, 0.1) is 5.56 Å². The summed E-state index contributed by atoms with van der Waals surface area (Å²) in [4.78, 5) is 22.2. The summed E-state index contributed by atoms with van der Waals surface area (Å²) in [6.07, 6.45) is 0.659. The quantitative estimate of drug-likeness (QED) is 0.476. The number of hydrogen-bond donors (Lipinski definition) is 3. The van der Waals surface area contributed by atoms with E-state index < -0.39 is 0 Å². The molecule has 1 aromatic heterocycles. The van der Waals surface area contributed by atoms with Crippen molar-refractivity contribution in [2.24, 2.45) is 21.5 Å². The molecule has 0 saturated heterocycles. The number of phenolic OH excluding ortho intramolecular Hbond substituents is 1. The molecule has 1 aromatic carbocycles. The maximum Gasteiger partial charge on any atom is 0.258 e. The van der Waals surface area contributed by atoms with Gasteiger partial charge in [0.2, 0.25) is 0 Å². The monoisotopic (exact) mass is 449 g/mol. The third-order valence-electron chi connectivity index (χ3n) is 4.00. The van der Waals surface area contributed by atoms with E-state index in [0.717, 1.165) is 5.76 Å². The Labute approximate surface area is 172 Å². The first kappa shape index (κ1) is 21.5. The Morgan fingerprint density at radius 2 is 1.93 bits per heavy atom. The number of aliphatic imine (C=N–C) groups is 2. The number of amides is 1. The Morgan fingerprint density at radius 3 is 2.46 bits per heavy atom. The topological polar surface area (TPSA) is 130 Å². The van der Waals surface area contributed by atoms with Crippen molar-refractivity contribution in [3.8, 4) is 5.75 Å².